The lowest BCUT2D eigenvalue weighted by Gasteiger charge is -2.21. The Balaban J connectivity index is 2.02. The van der Waals surface area contributed by atoms with Gasteiger partial charge in [-0.3, -0.25) is 0 Å². The molecule has 0 saturated heterocycles. The Morgan fingerprint density at radius 3 is 1.70 bits per heavy atom. The number of hydrogen-bond acceptors (Lipinski definition) is 2. The molecule has 1 N–H and O–H groups in total. The predicted octanol–water partition coefficient (Wildman–Crippen LogP) is 4.42. The lowest BCUT2D eigenvalue weighted by molar-refractivity contribution is 0.414. The van der Waals surface area contributed by atoms with Crippen molar-refractivity contribution in [1.82, 2.24) is 5.32 Å². The van der Waals surface area contributed by atoms with Crippen LogP contribution in [-0.2, 0) is 0 Å². The fourth-order valence-electron chi connectivity index (χ4n) is 2.32. The van der Waals surface area contributed by atoms with Gasteiger partial charge in [-0.2, -0.15) is 0 Å². The lowest BCUT2D eigenvalue weighted by atomic mass is 10.0. The van der Waals surface area contributed by atoms with Gasteiger partial charge < -0.3 is 10.1 Å². The van der Waals surface area contributed by atoms with Gasteiger partial charge >= 0.3 is 0 Å². The molecule has 2 rings (SSSR count). The molecule has 0 aliphatic rings. The van der Waals surface area contributed by atoms with E-state index in [9.17, 15) is 0 Å². The first kappa shape index (κ1) is 14.6. The van der Waals surface area contributed by atoms with Crippen LogP contribution >= 0.6 is 0 Å². The Hall–Kier alpha value is -1.80. The number of nitrogens with one attached hydrogen (secondary N) is 1. The highest BCUT2D eigenvalue weighted by Gasteiger charge is 2.11. The van der Waals surface area contributed by atoms with Gasteiger partial charge in [-0.25, -0.2) is 0 Å². The Morgan fingerprint density at radius 2 is 1.25 bits per heavy atom. The molecule has 0 spiro atoms. The average molecular weight is 269 g/mol. The average Bonchev–Trinajstić information content (AvgIpc) is 2.48. The maximum atomic E-state index is 5.19. The van der Waals surface area contributed by atoms with Gasteiger partial charge in [0.25, 0.3) is 0 Å². The molecule has 0 amide bonds. The molecule has 0 radical (unpaired) electrons. The zero-order valence-electron chi connectivity index (χ0n) is 12.7. The quantitative estimate of drug-likeness (QED) is 0.867. The number of methoxy groups -OCH3 is 1. The Bertz CT molecular complexity index is 530. The van der Waals surface area contributed by atoms with Crippen LogP contribution in [0.5, 0.6) is 5.75 Å². The third kappa shape index (κ3) is 3.61. The van der Waals surface area contributed by atoms with Gasteiger partial charge in [0, 0.05) is 12.1 Å². The largest absolute Gasteiger partial charge is 0.497 e. The summed E-state index contributed by atoms with van der Waals surface area (Å²) in [5.41, 5.74) is 3.88. The zero-order chi connectivity index (χ0) is 14.5. The number of aryl methyl sites for hydroxylation is 1. The summed E-state index contributed by atoms with van der Waals surface area (Å²) in [7, 11) is 1.69. The summed E-state index contributed by atoms with van der Waals surface area (Å²) >= 11 is 0. The van der Waals surface area contributed by atoms with Crippen LogP contribution in [0, 0.1) is 6.92 Å². The number of benzene rings is 2. The maximum absolute atomic E-state index is 5.19. The second-order valence-corrected chi connectivity index (χ2v) is 5.29. The van der Waals surface area contributed by atoms with Gasteiger partial charge in [-0.15, -0.1) is 0 Å². The van der Waals surface area contributed by atoms with Crippen molar-refractivity contribution in [2.75, 3.05) is 7.11 Å². The molecule has 106 valence electrons. The minimum Gasteiger partial charge on any atom is -0.497 e. The van der Waals surface area contributed by atoms with Crippen molar-refractivity contribution in [1.29, 1.82) is 0 Å². The molecule has 2 aromatic rings. The summed E-state index contributed by atoms with van der Waals surface area (Å²) < 4.78 is 5.19. The van der Waals surface area contributed by atoms with Crippen LogP contribution in [0.15, 0.2) is 48.5 Å². The van der Waals surface area contributed by atoms with E-state index in [1.54, 1.807) is 7.11 Å². The van der Waals surface area contributed by atoms with Crippen LogP contribution in [-0.4, -0.2) is 7.11 Å². The van der Waals surface area contributed by atoms with E-state index in [0.29, 0.717) is 12.1 Å². The third-order valence-corrected chi connectivity index (χ3v) is 3.69. The standard InChI is InChI=1S/C18H23NO/c1-13-5-7-16(8-6-13)14(2)19-15(3)17-9-11-18(20-4)12-10-17/h5-12,14-15,19H,1-4H3/t14-,15?/m1/s1. The number of ether oxygens (including phenoxy) is 1. The van der Waals surface area contributed by atoms with Gasteiger partial charge in [0.2, 0.25) is 0 Å². The first-order valence-corrected chi connectivity index (χ1v) is 7.06. The maximum Gasteiger partial charge on any atom is 0.118 e. The molecule has 0 saturated carbocycles. The van der Waals surface area contributed by atoms with Crippen LogP contribution in [0.3, 0.4) is 0 Å². The van der Waals surface area contributed by atoms with E-state index in [1.165, 1.54) is 16.7 Å². The van der Waals surface area contributed by atoms with Crippen molar-refractivity contribution in [3.05, 3.63) is 65.2 Å². The predicted molar refractivity (Wildman–Crippen MR) is 84.1 cm³/mol. The third-order valence-electron chi connectivity index (χ3n) is 3.69. The van der Waals surface area contributed by atoms with Gasteiger partial charge in [0.15, 0.2) is 0 Å². The molecule has 2 heteroatoms. The summed E-state index contributed by atoms with van der Waals surface area (Å²) in [6, 6.07) is 17.5. The van der Waals surface area contributed by atoms with Gasteiger partial charge in [0.05, 0.1) is 7.11 Å². The molecule has 2 aromatic carbocycles. The summed E-state index contributed by atoms with van der Waals surface area (Å²) in [6.45, 7) is 6.50. The van der Waals surface area contributed by atoms with Crippen LogP contribution in [0.4, 0.5) is 0 Å². The Morgan fingerprint density at radius 1 is 0.800 bits per heavy atom. The normalized spacial score (nSPS) is 13.8. The zero-order valence-corrected chi connectivity index (χ0v) is 12.7. The van der Waals surface area contributed by atoms with E-state index in [1.807, 2.05) is 12.1 Å². The molecule has 0 aliphatic heterocycles. The van der Waals surface area contributed by atoms with Crippen molar-refractivity contribution < 1.29 is 4.74 Å². The molecule has 20 heavy (non-hydrogen) atoms. The first-order valence-electron chi connectivity index (χ1n) is 7.06. The molecular weight excluding hydrogens is 246 g/mol. The molecule has 1 unspecified atom stereocenters. The van der Waals surface area contributed by atoms with E-state index in [-0.39, 0.29) is 0 Å². The number of rotatable bonds is 5. The highest BCUT2D eigenvalue weighted by molar-refractivity contribution is 5.29. The van der Waals surface area contributed by atoms with Gasteiger partial charge in [0.1, 0.15) is 5.75 Å². The highest BCUT2D eigenvalue weighted by atomic mass is 16.5. The van der Waals surface area contributed by atoms with Crippen molar-refractivity contribution >= 4 is 0 Å². The minimum absolute atomic E-state index is 0.303. The van der Waals surface area contributed by atoms with E-state index >= 15 is 0 Å². The molecule has 0 bridgehead atoms. The van der Waals surface area contributed by atoms with Crippen LogP contribution in [0.2, 0.25) is 0 Å². The van der Waals surface area contributed by atoms with Gasteiger partial charge in [-0.1, -0.05) is 42.0 Å². The van der Waals surface area contributed by atoms with Crippen molar-refractivity contribution in [2.24, 2.45) is 0 Å². The molecule has 2 atom stereocenters. The molecule has 0 fully saturated rings. The first-order chi connectivity index (χ1) is 9.60. The smallest absolute Gasteiger partial charge is 0.118 e. The van der Waals surface area contributed by atoms with Crippen LogP contribution in [0.25, 0.3) is 0 Å². The summed E-state index contributed by atoms with van der Waals surface area (Å²) in [6.07, 6.45) is 0. The second kappa shape index (κ2) is 6.58. The van der Waals surface area contributed by atoms with E-state index < -0.39 is 0 Å². The SMILES string of the molecule is COc1ccc(C(C)N[C@H](C)c2ccc(C)cc2)cc1. The summed E-state index contributed by atoms with van der Waals surface area (Å²) in [5.74, 6) is 0.896. The van der Waals surface area contributed by atoms with Crippen LogP contribution in [0.1, 0.15) is 42.6 Å². The topological polar surface area (TPSA) is 21.3 Å². The fourth-order valence-corrected chi connectivity index (χ4v) is 2.32. The molecule has 0 aromatic heterocycles. The van der Waals surface area contributed by atoms with E-state index in [4.69, 9.17) is 4.74 Å². The van der Waals surface area contributed by atoms with E-state index in [2.05, 4.69) is 62.5 Å². The summed E-state index contributed by atoms with van der Waals surface area (Å²) in [4.78, 5) is 0. The number of hydrogen-bond donors (Lipinski definition) is 1. The van der Waals surface area contributed by atoms with Crippen molar-refractivity contribution in [3.8, 4) is 5.75 Å². The van der Waals surface area contributed by atoms with E-state index in [0.717, 1.165) is 5.75 Å². The van der Waals surface area contributed by atoms with Gasteiger partial charge in [-0.05, 0) is 44.0 Å². The molecule has 2 nitrogen and oxygen atoms in total. The summed E-state index contributed by atoms with van der Waals surface area (Å²) in [5, 5.41) is 3.63. The Labute approximate surface area is 121 Å². The highest BCUT2D eigenvalue weighted by Crippen LogP contribution is 2.21. The molecule has 0 aliphatic carbocycles. The molecule has 0 heterocycles. The lowest BCUT2D eigenvalue weighted by Crippen LogP contribution is -2.22. The monoisotopic (exact) mass is 269 g/mol. The second-order valence-electron chi connectivity index (χ2n) is 5.29. The molecular formula is C18H23NO. The fraction of sp³-hybridized carbons (Fsp3) is 0.333. The minimum atomic E-state index is 0.303. The van der Waals surface area contributed by atoms with Crippen molar-refractivity contribution in [2.45, 2.75) is 32.9 Å². The Kier molecular flexibility index (Phi) is 4.80. The van der Waals surface area contributed by atoms with Crippen molar-refractivity contribution in [3.63, 3.8) is 0 Å². The van der Waals surface area contributed by atoms with Crippen LogP contribution < -0.4 is 10.1 Å².